The molecule has 0 N–H and O–H groups in total. The highest BCUT2D eigenvalue weighted by Crippen LogP contribution is 2.31. The van der Waals surface area contributed by atoms with Gasteiger partial charge in [0.15, 0.2) is 0 Å². The molecule has 1 rings (SSSR count). The fraction of sp³-hybridized carbons (Fsp3) is 0.364. The Balaban J connectivity index is 2.80. The van der Waals surface area contributed by atoms with Crippen molar-refractivity contribution < 1.29 is 4.42 Å². The summed E-state index contributed by atoms with van der Waals surface area (Å²) in [7, 11) is 0. The number of oxazole rings is 1. The third kappa shape index (κ3) is 2.51. The summed E-state index contributed by atoms with van der Waals surface area (Å²) in [6.45, 7) is 11.8. The Bertz CT molecular complexity index is 357. The van der Waals surface area contributed by atoms with Crippen molar-refractivity contribution >= 4 is 16.7 Å². The third-order valence-corrected chi connectivity index (χ3v) is 2.94. The van der Waals surface area contributed by atoms with E-state index >= 15 is 0 Å². The number of allylic oxidation sites excluding steroid dienone is 2. The van der Waals surface area contributed by atoms with Crippen molar-refractivity contribution in [3.8, 4) is 0 Å². The first-order valence-electron chi connectivity index (χ1n) is 4.48. The summed E-state index contributed by atoms with van der Waals surface area (Å²) in [5, 5.41) is 0. The summed E-state index contributed by atoms with van der Waals surface area (Å²) in [4.78, 5) is 6.34. The predicted octanol–water partition coefficient (Wildman–Crippen LogP) is 3.92. The molecule has 3 heteroatoms. The van der Waals surface area contributed by atoms with Gasteiger partial charge in [0.05, 0.1) is 10.6 Å². The molecular weight excluding hydrogens is 194 g/mol. The summed E-state index contributed by atoms with van der Waals surface area (Å²) in [5.74, 6) is 1.49. The Kier molecular flexibility index (Phi) is 3.58. The lowest BCUT2D eigenvalue weighted by molar-refractivity contribution is 0.514. The second kappa shape index (κ2) is 4.51. The number of rotatable bonds is 3. The van der Waals surface area contributed by atoms with Gasteiger partial charge in [-0.1, -0.05) is 24.4 Å². The molecule has 1 aromatic rings. The number of aryl methyl sites for hydroxylation is 2. The fourth-order valence-electron chi connectivity index (χ4n) is 0.889. The number of hydrogen-bond acceptors (Lipinski definition) is 3. The number of hydrogen-bond donors (Lipinski definition) is 0. The van der Waals surface area contributed by atoms with Crippen LogP contribution in [0.25, 0.3) is 4.91 Å². The highest BCUT2D eigenvalue weighted by atomic mass is 32.2. The average molecular weight is 209 g/mol. The van der Waals surface area contributed by atoms with E-state index in [4.69, 9.17) is 4.42 Å². The van der Waals surface area contributed by atoms with Crippen LogP contribution in [0.4, 0.5) is 0 Å². The van der Waals surface area contributed by atoms with Crippen LogP contribution in [-0.4, -0.2) is 4.98 Å². The molecule has 76 valence electrons. The van der Waals surface area contributed by atoms with Gasteiger partial charge in [-0.25, -0.2) is 4.98 Å². The van der Waals surface area contributed by atoms with Crippen molar-refractivity contribution in [2.45, 2.75) is 27.7 Å². The van der Waals surface area contributed by atoms with Crippen LogP contribution in [0.5, 0.6) is 0 Å². The van der Waals surface area contributed by atoms with Crippen LogP contribution in [0, 0.1) is 13.8 Å². The number of aromatic nitrogens is 1. The van der Waals surface area contributed by atoms with Gasteiger partial charge in [0.1, 0.15) is 5.76 Å². The second-order valence-electron chi connectivity index (χ2n) is 3.09. The fourth-order valence-corrected chi connectivity index (χ4v) is 1.57. The molecule has 0 fully saturated rings. The summed E-state index contributed by atoms with van der Waals surface area (Å²) >= 11 is 1.59. The van der Waals surface area contributed by atoms with Gasteiger partial charge in [-0.3, -0.25) is 0 Å². The second-order valence-corrected chi connectivity index (χ2v) is 4.43. The minimum Gasteiger partial charge on any atom is -0.441 e. The predicted molar refractivity (Wildman–Crippen MR) is 62.0 cm³/mol. The van der Waals surface area contributed by atoms with Gasteiger partial charge in [0.2, 0.25) is 5.89 Å². The molecule has 0 unspecified atom stereocenters. The van der Waals surface area contributed by atoms with E-state index in [-0.39, 0.29) is 0 Å². The summed E-state index contributed by atoms with van der Waals surface area (Å²) in [5.41, 5.74) is 0.930. The minimum atomic E-state index is 0.631. The lowest BCUT2D eigenvalue weighted by Gasteiger charge is -1.99. The van der Waals surface area contributed by atoms with E-state index in [1.54, 1.807) is 11.8 Å². The summed E-state index contributed by atoms with van der Waals surface area (Å²) in [6, 6.07) is 0. The van der Waals surface area contributed by atoms with E-state index in [1.165, 1.54) is 4.91 Å². The molecule has 1 heterocycles. The Morgan fingerprint density at radius 2 is 2.14 bits per heavy atom. The van der Waals surface area contributed by atoms with Gasteiger partial charge in [-0.05, 0) is 32.6 Å². The number of nitrogens with zero attached hydrogens (tertiary/aromatic N) is 1. The van der Waals surface area contributed by atoms with Crippen molar-refractivity contribution in [2.75, 3.05) is 0 Å². The minimum absolute atomic E-state index is 0.631. The quantitative estimate of drug-likeness (QED) is 0.754. The highest BCUT2D eigenvalue weighted by Gasteiger charge is 2.09. The van der Waals surface area contributed by atoms with E-state index in [2.05, 4.69) is 11.6 Å². The molecule has 0 aliphatic carbocycles. The molecule has 0 spiro atoms. The van der Waals surface area contributed by atoms with E-state index < -0.39 is 0 Å². The van der Waals surface area contributed by atoms with Crippen molar-refractivity contribution in [3.05, 3.63) is 34.9 Å². The molecule has 0 aliphatic rings. The van der Waals surface area contributed by atoms with E-state index in [1.807, 2.05) is 33.8 Å². The van der Waals surface area contributed by atoms with Gasteiger partial charge in [-0.2, -0.15) is 0 Å². The molecule has 0 radical (unpaired) electrons. The largest absolute Gasteiger partial charge is 0.441 e. The smallest absolute Gasteiger partial charge is 0.232 e. The van der Waals surface area contributed by atoms with Crippen LogP contribution >= 0.6 is 11.8 Å². The SMILES string of the molecule is C=C(S/C(C)=C\C)c1nc(C)c(C)o1. The number of thioether (sulfide) groups is 1. The molecule has 0 saturated carbocycles. The molecule has 0 aliphatic heterocycles. The first kappa shape index (κ1) is 11.1. The zero-order valence-electron chi connectivity index (χ0n) is 9.05. The Labute approximate surface area is 89.1 Å². The van der Waals surface area contributed by atoms with Crippen molar-refractivity contribution in [2.24, 2.45) is 0 Å². The molecule has 14 heavy (non-hydrogen) atoms. The standard InChI is InChI=1S/C11H15NOS/c1-6-7(2)14-10(5)11-12-8(3)9(4)13-11/h6H,5H2,1-4H3/b7-6-. The zero-order valence-corrected chi connectivity index (χ0v) is 9.86. The van der Waals surface area contributed by atoms with Crippen LogP contribution in [0.15, 0.2) is 22.0 Å². The zero-order chi connectivity index (χ0) is 10.7. The van der Waals surface area contributed by atoms with Crippen molar-refractivity contribution in [1.82, 2.24) is 4.98 Å². The molecule has 1 aromatic heterocycles. The third-order valence-electron chi connectivity index (χ3n) is 1.96. The van der Waals surface area contributed by atoms with Gasteiger partial charge in [0, 0.05) is 0 Å². The van der Waals surface area contributed by atoms with Crippen LogP contribution in [-0.2, 0) is 0 Å². The average Bonchev–Trinajstić information content (AvgIpc) is 2.47. The van der Waals surface area contributed by atoms with E-state index in [0.29, 0.717) is 5.89 Å². The van der Waals surface area contributed by atoms with Gasteiger partial charge >= 0.3 is 0 Å². The van der Waals surface area contributed by atoms with Crippen LogP contribution < -0.4 is 0 Å². The van der Waals surface area contributed by atoms with E-state index in [0.717, 1.165) is 16.4 Å². The van der Waals surface area contributed by atoms with Gasteiger partial charge in [-0.15, -0.1) is 0 Å². The lowest BCUT2D eigenvalue weighted by Crippen LogP contribution is -1.78. The Morgan fingerprint density at radius 1 is 1.50 bits per heavy atom. The maximum absolute atomic E-state index is 5.46. The topological polar surface area (TPSA) is 26.0 Å². The highest BCUT2D eigenvalue weighted by molar-refractivity contribution is 8.11. The Morgan fingerprint density at radius 3 is 2.57 bits per heavy atom. The maximum Gasteiger partial charge on any atom is 0.232 e. The molecule has 2 nitrogen and oxygen atoms in total. The molecule has 0 amide bonds. The molecule has 0 atom stereocenters. The van der Waals surface area contributed by atoms with Crippen molar-refractivity contribution in [1.29, 1.82) is 0 Å². The van der Waals surface area contributed by atoms with Gasteiger partial charge < -0.3 is 4.42 Å². The monoisotopic (exact) mass is 209 g/mol. The molecule has 0 bridgehead atoms. The summed E-state index contributed by atoms with van der Waals surface area (Å²) < 4.78 is 5.46. The molecular formula is C11H15NOS. The first-order chi connectivity index (χ1) is 6.54. The Hall–Kier alpha value is -0.960. The van der Waals surface area contributed by atoms with E-state index in [9.17, 15) is 0 Å². The maximum atomic E-state index is 5.46. The van der Waals surface area contributed by atoms with Crippen LogP contribution in [0.2, 0.25) is 0 Å². The lowest BCUT2D eigenvalue weighted by atomic mass is 10.4. The normalized spacial score (nSPS) is 11.9. The molecule has 0 aromatic carbocycles. The van der Waals surface area contributed by atoms with Crippen LogP contribution in [0.1, 0.15) is 31.2 Å². The van der Waals surface area contributed by atoms with Crippen molar-refractivity contribution in [3.63, 3.8) is 0 Å². The summed E-state index contributed by atoms with van der Waals surface area (Å²) in [6.07, 6.45) is 2.04. The first-order valence-corrected chi connectivity index (χ1v) is 5.30. The van der Waals surface area contributed by atoms with Crippen LogP contribution in [0.3, 0.4) is 0 Å². The van der Waals surface area contributed by atoms with Gasteiger partial charge in [0.25, 0.3) is 0 Å². The molecule has 0 saturated heterocycles.